The van der Waals surface area contributed by atoms with Crippen LogP contribution in [0.1, 0.15) is 54.6 Å². The number of nitrogens with zero attached hydrogens (tertiary/aromatic N) is 1. The number of Topliss-reactive ketones (excluding diaryl/α,β-unsaturated/α-hetero) is 1. The van der Waals surface area contributed by atoms with E-state index in [4.69, 9.17) is 4.74 Å². The van der Waals surface area contributed by atoms with Crippen LogP contribution in [0.15, 0.2) is 78.9 Å². The normalized spacial score (nSPS) is 14.0. The highest BCUT2D eigenvalue weighted by molar-refractivity contribution is 5.99. The Bertz CT molecular complexity index is 1140. The Labute approximate surface area is 214 Å². The number of para-hydroxylation sites is 1. The summed E-state index contributed by atoms with van der Waals surface area (Å²) in [5.74, 6) is 0.797. The number of ketones is 1. The van der Waals surface area contributed by atoms with Crippen molar-refractivity contribution in [2.24, 2.45) is 5.92 Å². The van der Waals surface area contributed by atoms with Crippen molar-refractivity contribution in [3.05, 3.63) is 95.6 Å². The number of carbonyl (C=O) groups excluding carboxylic acids is 2. The van der Waals surface area contributed by atoms with Crippen molar-refractivity contribution in [2.45, 2.75) is 52.2 Å². The van der Waals surface area contributed by atoms with Crippen molar-refractivity contribution >= 4 is 17.4 Å². The minimum Gasteiger partial charge on any atom is -0.489 e. The molecule has 5 nitrogen and oxygen atoms in total. The molecule has 3 aromatic carbocycles. The predicted octanol–water partition coefficient (Wildman–Crippen LogP) is 5.82. The zero-order valence-corrected chi connectivity index (χ0v) is 21.3. The van der Waals surface area contributed by atoms with Crippen LogP contribution in [0.5, 0.6) is 5.75 Å². The van der Waals surface area contributed by atoms with Gasteiger partial charge in [-0.15, -0.1) is 0 Å². The molecule has 4 rings (SSSR count). The lowest BCUT2D eigenvalue weighted by Gasteiger charge is -2.27. The SMILES string of the molecule is CC(C)CC(NC(=O)c1ccc(OCc2ccccc2)cc1)C(=O)CN1CCCCc2ccccc21. The fraction of sp³-hybridized carbons (Fsp3) is 0.355. The summed E-state index contributed by atoms with van der Waals surface area (Å²) >= 11 is 0. The van der Waals surface area contributed by atoms with Crippen LogP contribution in [-0.2, 0) is 17.8 Å². The quantitative estimate of drug-likeness (QED) is 0.394. The highest BCUT2D eigenvalue weighted by atomic mass is 16.5. The zero-order valence-electron chi connectivity index (χ0n) is 21.3. The number of benzene rings is 3. The van der Waals surface area contributed by atoms with Gasteiger partial charge in [0.1, 0.15) is 12.4 Å². The number of ether oxygens (including phenoxy) is 1. The largest absolute Gasteiger partial charge is 0.489 e. The summed E-state index contributed by atoms with van der Waals surface area (Å²) in [5.41, 5.74) is 4.04. The molecule has 0 aromatic heterocycles. The Kier molecular flexibility index (Phi) is 8.77. The van der Waals surface area contributed by atoms with E-state index in [1.54, 1.807) is 24.3 Å². The minimum absolute atomic E-state index is 0.0524. The van der Waals surface area contributed by atoms with Crippen molar-refractivity contribution < 1.29 is 14.3 Å². The number of rotatable bonds is 10. The number of amides is 1. The minimum atomic E-state index is -0.526. The Balaban J connectivity index is 1.39. The van der Waals surface area contributed by atoms with Crippen LogP contribution in [0.25, 0.3) is 0 Å². The molecule has 0 spiro atoms. The third-order valence-electron chi connectivity index (χ3n) is 6.57. The Morgan fingerprint density at radius 3 is 2.39 bits per heavy atom. The number of nitrogens with one attached hydrogen (secondary N) is 1. The van der Waals surface area contributed by atoms with E-state index in [9.17, 15) is 9.59 Å². The van der Waals surface area contributed by atoms with Gasteiger partial charge in [0.15, 0.2) is 5.78 Å². The third kappa shape index (κ3) is 6.97. The Morgan fingerprint density at radius 2 is 1.64 bits per heavy atom. The van der Waals surface area contributed by atoms with Crippen LogP contribution in [0.4, 0.5) is 5.69 Å². The average Bonchev–Trinajstić information content (AvgIpc) is 3.10. The lowest BCUT2D eigenvalue weighted by Crippen LogP contribution is -2.46. The van der Waals surface area contributed by atoms with E-state index < -0.39 is 6.04 Å². The second-order valence-corrected chi connectivity index (χ2v) is 9.93. The van der Waals surface area contributed by atoms with Crippen molar-refractivity contribution in [1.82, 2.24) is 5.32 Å². The highest BCUT2D eigenvalue weighted by Crippen LogP contribution is 2.26. The molecule has 1 aliphatic heterocycles. The monoisotopic (exact) mass is 484 g/mol. The molecule has 1 atom stereocenters. The van der Waals surface area contributed by atoms with E-state index in [-0.39, 0.29) is 17.6 Å². The number of fused-ring (bicyclic) bond motifs is 1. The molecule has 0 radical (unpaired) electrons. The Morgan fingerprint density at radius 1 is 0.917 bits per heavy atom. The van der Waals surface area contributed by atoms with E-state index in [0.717, 1.165) is 37.1 Å². The first kappa shape index (κ1) is 25.5. The van der Waals surface area contributed by atoms with Crippen molar-refractivity contribution in [3.8, 4) is 5.75 Å². The summed E-state index contributed by atoms with van der Waals surface area (Å²) in [6.45, 7) is 5.78. The van der Waals surface area contributed by atoms with Crippen LogP contribution in [0, 0.1) is 5.92 Å². The maximum Gasteiger partial charge on any atom is 0.251 e. The molecule has 0 aliphatic carbocycles. The number of carbonyl (C=O) groups is 2. The predicted molar refractivity (Wildman–Crippen MR) is 145 cm³/mol. The van der Waals surface area contributed by atoms with Gasteiger partial charge in [-0.05, 0) is 73.1 Å². The number of hydrogen-bond acceptors (Lipinski definition) is 4. The van der Waals surface area contributed by atoms with Crippen molar-refractivity contribution in [2.75, 3.05) is 18.0 Å². The molecule has 0 saturated heterocycles. The topological polar surface area (TPSA) is 58.6 Å². The van der Waals surface area contributed by atoms with E-state index in [2.05, 4.69) is 42.3 Å². The van der Waals surface area contributed by atoms with E-state index in [1.807, 2.05) is 36.4 Å². The standard InChI is InChI=1S/C31H36N2O3/c1-23(2)20-28(30(34)21-33-19-9-8-13-25-12-6-7-14-29(25)33)32-31(35)26-15-17-27(18-16-26)36-22-24-10-4-3-5-11-24/h3-7,10-12,14-18,23,28H,8-9,13,19-22H2,1-2H3,(H,32,35). The lowest BCUT2D eigenvalue weighted by atomic mass is 9.99. The van der Waals surface area contributed by atoms with E-state index in [0.29, 0.717) is 30.9 Å². The highest BCUT2D eigenvalue weighted by Gasteiger charge is 2.26. The molecular weight excluding hydrogens is 448 g/mol. The van der Waals surface area contributed by atoms with E-state index in [1.165, 1.54) is 5.56 Å². The first-order valence-corrected chi connectivity index (χ1v) is 12.9. The second kappa shape index (κ2) is 12.4. The van der Waals surface area contributed by atoms with Gasteiger partial charge in [0, 0.05) is 17.8 Å². The molecule has 1 N–H and O–H groups in total. The molecule has 3 aromatic rings. The van der Waals surface area contributed by atoms with Crippen LogP contribution in [0.2, 0.25) is 0 Å². The summed E-state index contributed by atoms with van der Waals surface area (Å²) in [7, 11) is 0. The van der Waals surface area contributed by atoms with Gasteiger partial charge in [0.05, 0.1) is 12.6 Å². The number of aryl methyl sites for hydroxylation is 1. The molecule has 1 unspecified atom stereocenters. The fourth-order valence-electron chi connectivity index (χ4n) is 4.66. The smallest absolute Gasteiger partial charge is 0.251 e. The maximum atomic E-state index is 13.4. The molecule has 36 heavy (non-hydrogen) atoms. The van der Waals surface area contributed by atoms with E-state index >= 15 is 0 Å². The molecule has 0 fully saturated rings. The van der Waals surface area contributed by atoms with Crippen LogP contribution in [-0.4, -0.2) is 30.8 Å². The number of anilines is 1. The molecular formula is C31H36N2O3. The Hall–Kier alpha value is -3.60. The van der Waals surface area contributed by atoms with Gasteiger partial charge in [-0.25, -0.2) is 0 Å². The van der Waals surface area contributed by atoms with Gasteiger partial charge < -0.3 is 15.0 Å². The summed E-state index contributed by atoms with van der Waals surface area (Å²) < 4.78 is 5.83. The van der Waals surface area contributed by atoms with Gasteiger partial charge >= 0.3 is 0 Å². The van der Waals surface area contributed by atoms with Crippen LogP contribution in [0.3, 0.4) is 0 Å². The van der Waals surface area contributed by atoms with Gasteiger partial charge in [0.2, 0.25) is 0 Å². The first-order chi connectivity index (χ1) is 17.5. The van der Waals surface area contributed by atoms with Gasteiger partial charge in [-0.2, -0.15) is 0 Å². The molecule has 1 aliphatic rings. The molecule has 5 heteroatoms. The summed E-state index contributed by atoms with van der Waals surface area (Å²) in [4.78, 5) is 28.7. The van der Waals surface area contributed by atoms with Crippen molar-refractivity contribution in [1.29, 1.82) is 0 Å². The summed E-state index contributed by atoms with van der Waals surface area (Å²) in [6, 6.07) is 24.9. The fourth-order valence-corrected chi connectivity index (χ4v) is 4.66. The zero-order chi connectivity index (χ0) is 25.3. The maximum absolute atomic E-state index is 13.4. The molecule has 0 saturated carbocycles. The van der Waals surface area contributed by atoms with Crippen molar-refractivity contribution in [3.63, 3.8) is 0 Å². The van der Waals surface area contributed by atoms with Gasteiger partial charge in [-0.1, -0.05) is 62.4 Å². The van der Waals surface area contributed by atoms with Crippen LogP contribution >= 0.6 is 0 Å². The third-order valence-corrected chi connectivity index (χ3v) is 6.57. The molecule has 1 heterocycles. The second-order valence-electron chi connectivity index (χ2n) is 9.93. The number of hydrogen-bond donors (Lipinski definition) is 1. The molecule has 1 amide bonds. The van der Waals surface area contributed by atoms with Gasteiger partial charge in [-0.3, -0.25) is 9.59 Å². The van der Waals surface area contributed by atoms with Crippen LogP contribution < -0.4 is 15.0 Å². The molecule has 188 valence electrons. The lowest BCUT2D eigenvalue weighted by molar-refractivity contribution is -0.120. The van der Waals surface area contributed by atoms with Gasteiger partial charge in [0.25, 0.3) is 5.91 Å². The molecule has 0 bridgehead atoms. The first-order valence-electron chi connectivity index (χ1n) is 12.9. The average molecular weight is 485 g/mol. The summed E-state index contributed by atoms with van der Waals surface area (Å²) in [6.07, 6.45) is 3.83. The summed E-state index contributed by atoms with van der Waals surface area (Å²) in [5, 5.41) is 3.01.